The maximum atomic E-state index is 12.9. The van der Waals surface area contributed by atoms with E-state index < -0.39 is 10.0 Å². The fraction of sp³-hybridized carbons (Fsp3) is 0.423. The molecule has 11 N–H and O–H groups in total. The summed E-state index contributed by atoms with van der Waals surface area (Å²) < 4.78 is 33.3. The summed E-state index contributed by atoms with van der Waals surface area (Å²) in [6.07, 6.45) is 1.39. The van der Waals surface area contributed by atoms with Gasteiger partial charge in [0.2, 0.25) is 17.8 Å². The van der Waals surface area contributed by atoms with Gasteiger partial charge in [0.15, 0.2) is 0 Å². The number of sulfonamides is 1. The van der Waals surface area contributed by atoms with Gasteiger partial charge in [-0.05, 0) is 37.1 Å². The van der Waals surface area contributed by atoms with E-state index in [9.17, 15) is 13.5 Å². The van der Waals surface area contributed by atoms with E-state index >= 15 is 0 Å². The summed E-state index contributed by atoms with van der Waals surface area (Å²) in [5.41, 5.74) is 25.3. The summed E-state index contributed by atoms with van der Waals surface area (Å²) in [6.45, 7) is 2.11. The average Bonchev–Trinajstić information content (AvgIpc) is 2.93. The number of anilines is 5. The Morgan fingerprint density at radius 1 is 0.857 bits per heavy atom. The molecule has 2 aromatic carbocycles. The zero-order valence-electron chi connectivity index (χ0n) is 23.2. The Morgan fingerprint density at radius 2 is 1.43 bits per heavy atom. The van der Waals surface area contributed by atoms with Crippen LogP contribution in [0.5, 0.6) is 11.5 Å². The molecule has 5 rings (SSSR count). The summed E-state index contributed by atoms with van der Waals surface area (Å²) in [6, 6.07) is 9.87. The molecular weight excluding hydrogens is 562 g/mol. The van der Waals surface area contributed by atoms with E-state index in [1.165, 1.54) is 31.4 Å². The van der Waals surface area contributed by atoms with E-state index in [2.05, 4.69) is 20.0 Å². The van der Waals surface area contributed by atoms with Crippen LogP contribution in [-0.4, -0.2) is 85.9 Å². The monoisotopic (exact) mass is 599 g/mol. The molecule has 0 unspecified atom stereocenters. The lowest BCUT2D eigenvalue weighted by Crippen LogP contribution is -2.54. The van der Waals surface area contributed by atoms with Crippen molar-refractivity contribution in [3.8, 4) is 11.5 Å². The van der Waals surface area contributed by atoms with Crippen molar-refractivity contribution in [2.45, 2.75) is 41.9 Å². The van der Waals surface area contributed by atoms with E-state index in [0.717, 1.165) is 0 Å². The molecule has 0 saturated carbocycles. The molecule has 15 nitrogen and oxygen atoms in total. The molecule has 1 aromatic heterocycles. The Balaban J connectivity index is 1.41. The molecule has 0 aliphatic carbocycles. The van der Waals surface area contributed by atoms with Gasteiger partial charge in [-0.1, -0.05) is 6.07 Å². The van der Waals surface area contributed by atoms with Crippen molar-refractivity contribution in [2.24, 2.45) is 22.9 Å². The predicted octanol–water partition coefficient (Wildman–Crippen LogP) is -0.140. The summed E-state index contributed by atoms with van der Waals surface area (Å²) in [7, 11) is -2.54. The molecule has 226 valence electrons. The first-order chi connectivity index (χ1) is 20.0. The number of hydrogen-bond acceptors (Lipinski definition) is 14. The second-order valence-corrected chi connectivity index (χ2v) is 12.4. The molecule has 42 heavy (non-hydrogen) atoms. The van der Waals surface area contributed by atoms with Crippen molar-refractivity contribution in [1.82, 2.24) is 15.0 Å². The Bertz CT molecular complexity index is 1460. The topological polar surface area (TPSA) is 237 Å². The molecule has 2 aliphatic heterocycles. The second-order valence-electron chi connectivity index (χ2n) is 10.7. The van der Waals surface area contributed by atoms with Gasteiger partial charge in [-0.15, -0.1) is 0 Å². The van der Waals surface area contributed by atoms with Crippen LogP contribution in [0.4, 0.5) is 29.2 Å². The molecule has 2 saturated heterocycles. The van der Waals surface area contributed by atoms with Gasteiger partial charge in [0.1, 0.15) is 11.5 Å². The minimum Gasteiger partial charge on any atom is -0.506 e. The molecule has 0 radical (unpaired) electrons. The first-order valence-corrected chi connectivity index (χ1v) is 15.0. The maximum Gasteiger partial charge on any atom is 0.262 e. The first kappa shape index (κ1) is 29.5. The number of ether oxygens (including phenoxy) is 1. The van der Waals surface area contributed by atoms with Crippen LogP contribution in [0.1, 0.15) is 12.8 Å². The number of nitrogens with one attached hydrogen (secondary N) is 2. The number of aromatic hydroxyl groups is 1. The molecular formula is C26H37N11O4S. The van der Waals surface area contributed by atoms with Crippen LogP contribution in [0, 0.1) is 0 Å². The first-order valence-electron chi connectivity index (χ1n) is 13.5. The minimum absolute atomic E-state index is 0.00650. The van der Waals surface area contributed by atoms with Gasteiger partial charge in [-0.3, -0.25) is 4.72 Å². The third kappa shape index (κ3) is 6.91. The number of aromatic nitrogens is 3. The molecule has 2 fully saturated rings. The van der Waals surface area contributed by atoms with E-state index in [4.69, 9.17) is 32.7 Å². The van der Waals surface area contributed by atoms with E-state index in [0.29, 0.717) is 62.4 Å². The van der Waals surface area contributed by atoms with Crippen molar-refractivity contribution in [2.75, 3.05) is 53.1 Å². The SMILES string of the molecule is COc1cccc(S(=O)(=O)Nc2ccc(Nc3nc(N4C[C@H](N)C[C@H](N)C4)nc(N4C[C@H](N)C[C@H](N)C4)n3)cc2O)c1. The van der Waals surface area contributed by atoms with Gasteiger partial charge in [0.25, 0.3) is 10.0 Å². The Kier molecular flexibility index (Phi) is 8.51. The number of rotatable bonds is 8. The molecule has 3 heterocycles. The summed E-state index contributed by atoms with van der Waals surface area (Å²) >= 11 is 0. The summed E-state index contributed by atoms with van der Waals surface area (Å²) in [5.74, 6) is 1.08. The Hall–Kier alpha value is -3.96. The minimum atomic E-state index is -3.99. The van der Waals surface area contributed by atoms with Gasteiger partial charge < -0.3 is 47.9 Å². The Labute approximate surface area is 244 Å². The highest BCUT2D eigenvalue weighted by atomic mass is 32.2. The lowest BCUT2D eigenvalue weighted by molar-refractivity contribution is 0.413. The fourth-order valence-electron chi connectivity index (χ4n) is 5.17. The lowest BCUT2D eigenvalue weighted by atomic mass is 10.0. The number of benzene rings is 2. The molecule has 2 aliphatic rings. The molecule has 16 heteroatoms. The van der Waals surface area contributed by atoms with Gasteiger partial charge in [-0.25, -0.2) is 8.42 Å². The molecule has 0 spiro atoms. The number of phenolic OH excluding ortho intramolecular Hbond substituents is 1. The number of hydrogen-bond donors (Lipinski definition) is 7. The summed E-state index contributed by atoms with van der Waals surface area (Å²) in [4.78, 5) is 17.8. The van der Waals surface area contributed by atoms with Crippen LogP contribution in [0.15, 0.2) is 47.4 Å². The van der Waals surface area contributed by atoms with Crippen molar-refractivity contribution in [1.29, 1.82) is 0 Å². The average molecular weight is 600 g/mol. The predicted molar refractivity (Wildman–Crippen MR) is 161 cm³/mol. The standard InChI is InChI=1S/C26H37N11O4S/c1-41-20-3-2-4-21(10-20)42(39,40)35-22-6-5-19(9-23(22)38)31-24-32-25(36-11-15(27)7-16(28)12-36)34-26(33-24)37-13-17(29)8-18(30)14-37/h2-6,9-10,15-18,35,38H,7-8,11-14,27-30H2,1H3,(H,31,32,33,34)/t15-,16+,17-,18+. The number of methoxy groups -OCH3 is 1. The third-order valence-corrected chi connectivity index (χ3v) is 8.42. The van der Waals surface area contributed by atoms with E-state index in [1.807, 2.05) is 9.80 Å². The van der Waals surface area contributed by atoms with Gasteiger partial charge in [0.05, 0.1) is 17.7 Å². The normalized spacial score (nSPS) is 23.0. The van der Waals surface area contributed by atoms with E-state index in [1.54, 1.807) is 18.2 Å². The van der Waals surface area contributed by atoms with Gasteiger partial charge in [-0.2, -0.15) is 15.0 Å². The number of nitrogens with two attached hydrogens (primary N) is 4. The van der Waals surface area contributed by atoms with Gasteiger partial charge >= 0.3 is 0 Å². The number of phenols is 1. The zero-order chi connectivity index (χ0) is 30.0. The van der Waals surface area contributed by atoms with Crippen LogP contribution in [0.25, 0.3) is 0 Å². The fourth-order valence-corrected chi connectivity index (χ4v) is 6.28. The quantitative estimate of drug-likeness (QED) is 0.167. The van der Waals surface area contributed by atoms with Crippen molar-refractivity contribution >= 4 is 39.2 Å². The third-order valence-electron chi connectivity index (χ3n) is 7.06. The highest BCUT2D eigenvalue weighted by Gasteiger charge is 2.29. The molecule has 0 bridgehead atoms. The smallest absolute Gasteiger partial charge is 0.262 e. The Morgan fingerprint density at radius 3 is 1.95 bits per heavy atom. The van der Waals surface area contributed by atoms with Crippen molar-refractivity contribution in [3.05, 3.63) is 42.5 Å². The summed E-state index contributed by atoms with van der Waals surface area (Å²) in [5, 5.41) is 13.8. The van der Waals surface area contributed by atoms with Gasteiger partial charge in [0, 0.05) is 68.2 Å². The molecule has 0 amide bonds. The van der Waals surface area contributed by atoms with Crippen LogP contribution < -0.4 is 47.5 Å². The van der Waals surface area contributed by atoms with Crippen molar-refractivity contribution < 1.29 is 18.3 Å². The maximum absolute atomic E-state index is 12.9. The highest BCUT2D eigenvalue weighted by molar-refractivity contribution is 7.92. The second kappa shape index (κ2) is 12.1. The van der Waals surface area contributed by atoms with E-state index in [-0.39, 0.29) is 46.4 Å². The number of piperidine rings is 2. The highest BCUT2D eigenvalue weighted by Crippen LogP contribution is 2.31. The number of nitrogens with zero attached hydrogens (tertiary/aromatic N) is 5. The lowest BCUT2D eigenvalue weighted by Gasteiger charge is -2.37. The van der Waals surface area contributed by atoms with Crippen LogP contribution in [-0.2, 0) is 10.0 Å². The van der Waals surface area contributed by atoms with Crippen molar-refractivity contribution in [3.63, 3.8) is 0 Å². The largest absolute Gasteiger partial charge is 0.506 e. The van der Waals surface area contributed by atoms with Crippen LogP contribution in [0.3, 0.4) is 0 Å². The zero-order valence-corrected chi connectivity index (χ0v) is 24.0. The van der Waals surface area contributed by atoms with Crippen LogP contribution in [0.2, 0.25) is 0 Å². The van der Waals surface area contributed by atoms with Crippen LogP contribution >= 0.6 is 0 Å². The molecule has 4 atom stereocenters. The molecule has 3 aromatic rings.